The van der Waals surface area contributed by atoms with Crippen molar-refractivity contribution in [2.24, 2.45) is 4.99 Å². The summed E-state index contributed by atoms with van der Waals surface area (Å²) in [5, 5.41) is 0.644. The highest BCUT2D eigenvalue weighted by Crippen LogP contribution is 2.38. The minimum absolute atomic E-state index is 0.199. The number of methoxy groups -OCH3 is 1. The Kier molecular flexibility index (Phi) is 6.98. The summed E-state index contributed by atoms with van der Waals surface area (Å²) in [4.78, 5) is 16.7. The molecule has 4 rings (SSSR count). The maximum atomic E-state index is 12.3. The van der Waals surface area contributed by atoms with E-state index in [1.165, 1.54) is 0 Å². The summed E-state index contributed by atoms with van der Waals surface area (Å²) in [6, 6.07) is 18.4. The quantitative estimate of drug-likeness (QED) is 0.239. The predicted octanol–water partition coefficient (Wildman–Crippen LogP) is 6.80. The van der Waals surface area contributed by atoms with Gasteiger partial charge < -0.3 is 14.2 Å². The van der Waals surface area contributed by atoms with E-state index in [9.17, 15) is 4.79 Å². The second-order valence-electron chi connectivity index (χ2n) is 6.80. The molecule has 3 aromatic carbocycles. The highest BCUT2D eigenvalue weighted by Gasteiger charge is 2.24. The number of halogens is 3. The van der Waals surface area contributed by atoms with Gasteiger partial charge in [0.15, 0.2) is 17.2 Å². The summed E-state index contributed by atoms with van der Waals surface area (Å²) in [5.74, 6) is 0.806. The first kappa shape index (κ1) is 22.6. The van der Waals surface area contributed by atoms with Crippen molar-refractivity contribution in [3.05, 3.63) is 97.0 Å². The fourth-order valence-corrected chi connectivity index (χ4v) is 4.08. The molecule has 0 fully saturated rings. The lowest BCUT2D eigenvalue weighted by atomic mass is 10.1. The van der Waals surface area contributed by atoms with Gasteiger partial charge in [0.1, 0.15) is 6.61 Å². The third-order valence-corrected chi connectivity index (χ3v) is 5.89. The van der Waals surface area contributed by atoms with E-state index in [-0.39, 0.29) is 11.6 Å². The van der Waals surface area contributed by atoms with E-state index < -0.39 is 5.97 Å². The van der Waals surface area contributed by atoms with E-state index in [1.807, 2.05) is 54.6 Å². The fourth-order valence-electron chi connectivity index (χ4n) is 3.03. The first-order valence-electron chi connectivity index (χ1n) is 9.46. The number of hydrogen-bond acceptors (Lipinski definition) is 5. The van der Waals surface area contributed by atoms with Crippen molar-refractivity contribution in [3.8, 4) is 11.5 Å². The van der Waals surface area contributed by atoms with E-state index >= 15 is 0 Å². The van der Waals surface area contributed by atoms with E-state index in [1.54, 1.807) is 19.3 Å². The maximum Gasteiger partial charge on any atom is 0.363 e. The van der Waals surface area contributed by atoms with Crippen LogP contribution >= 0.6 is 43.5 Å². The normalized spacial score (nSPS) is 14.3. The summed E-state index contributed by atoms with van der Waals surface area (Å²) >= 11 is 13.0. The molecular weight excluding hydrogens is 562 g/mol. The number of aliphatic imine (C=N–C) groups is 1. The molecule has 0 unspecified atom stereocenters. The van der Waals surface area contributed by atoms with Gasteiger partial charge in [-0.2, -0.15) is 0 Å². The van der Waals surface area contributed by atoms with Gasteiger partial charge in [0.2, 0.25) is 5.90 Å². The Morgan fingerprint density at radius 2 is 1.88 bits per heavy atom. The van der Waals surface area contributed by atoms with Crippen LogP contribution in [0.3, 0.4) is 0 Å². The van der Waals surface area contributed by atoms with E-state index in [0.29, 0.717) is 38.7 Å². The van der Waals surface area contributed by atoms with Crippen molar-refractivity contribution in [3.63, 3.8) is 0 Å². The molecule has 1 heterocycles. The third kappa shape index (κ3) is 5.23. The molecule has 5 nitrogen and oxygen atoms in total. The second kappa shape index (κ2) is 9.90. The number of carbonyl (C=O) groups excluding carboxylic acids is 1. The standard InChI is InChI=1S/C24H16Br2ClNO4/c1-30-21-12-15(10-19(26)22(21)31-13-14-3-2-4-18(27)9-14)11-20-24(29)32-23(28-20)16-5-7-17(25)8-6-16/h2-12H,13H2,1H3/b20-11-. The summed E-state index contributed by atoms with van der Waals surface area (Å²) in [6.07, 6.45) is 1.64. The maximum absolute atomic E-state index is 12.3. The lowest BCUT2D eigenvalue weighted by Crippen LogP contribution is -2.05. The fraction of sp³-hybridized carbons (Fsp3) is 0.0833. The van der Waals surface area contributed by atoms with Crippen molar-refractivity contribution in [2.75, 3.05) is 7.11 Å². The molecule has 0 saturated heterocycles. The average Bonchev–Trinajstić information content (AvgIpc) is 3.13. The van der Waals surface area contributed by atoms with Crippen molar-refractivity contribution >= 4 is 61.4 Å². The molecule has 162 valence electrons. The predicted molar refractivity (Wildman–Crippen MR) is 131 cm³/mol. The van der Waals surface area contributed by atoms with E-state index in [0.717, 1.165) is 10.0 Å². The van der Waals surface area contributed by atoms with Crippen molar-refractivity contribution in [2.45, 2.75) is 6.61 Å². The summed E-state index contributed by atoms with van der Waals surface area (Å²) in [7, 11) is 1.55. The van der Waals surface area contributed by atoms with Crippen molar-refractivity contribution in [1.82, 2.24) is 0 Å². The Hall–Kier alpha value is -2.61. The van der Waals surface area contributed by atoms with Gasteiger partial charge in [0, 0.05) is 15.1 Å². The molecule has 3 aromatic rings. The lowest BCUT2D eigenvalue weighted by molar-refractivity contribution is -0.129. The zero-order valence-electron chi connectivity index (χ0n) is 16.8. The molecule has 0 amide bonds. The number of benzene rings is 3. The number of cyclic esters (lactones) is 1. The molecule has 1 aliphatic heterocycles. The third-order valence-electron chi connectivity index (χ3n) is 4.54. The summed E-state index contributed by atoms with van der Waals surface area (Å²) in [6.45, 7) is 0.323. The van der Waals surface area contributed by atoms with E-state index in [4.69, 9.17) is 25.8 Å². The first-order chi connectivity index (χ1) is 15.4. The Morgan fingerprint density at radius 3 is 2.59 bits per heavy atom. The molecule has 8 heteroatoms. The van der Waals surface area contributed by atoms with Gasteiger partial charge in [0.05, 0.1) is 11.6 Å². The topological polar surface area (TPSA) is 57.1 Å². The van der Waals surface area contributed by atoms with Gasteiger partial charge in [-0.25, -0.2) is 9.79 Å². The molecule has 0 N–H and O–H groups in total. The molecule has 0 bridgehead atoms. The van der Waals surface area contributed by atoms with Crippen LogP contribution in [0.25, 0.3) is 6.08 Å². The van der Waals surface area contributed by atoms with Crippen LogP contribution in [0.1, 0.15) is 16.7 Å². The minimum Gasteiger partial charge on any atom is -0.493 e. The monoisotopic (exact) mass is 575 g/mol. The zero-order valence-corrected chi connectivity index (χ0v) is 20.7. The van der Waals surface area contributed by atoms with Crippen LogP contribution in [0.5, 0.6) is 11.5 Å². The Morgan fingerprint density at radius 1 is 1.09 bits per heavy atom. The van der Waals surface area contributed by atoms with Crippen LogP contribution < -0.4 is 9.47 Å². The molecule has 32 heavy (non-hydrogen) atoms. The van der Waals surface area contributed by atoms with Gasteiger partial charge >= 0.3 is 5.97 Å². The van der Waals surface area contributed by atoms with Gasteiger partial charge in [-0.1, -0.05) is 39.7 Å². The van der Waals surface area contributed by atoms with Crippen LogP contribution in [0.15, 0.2) is 80.3 Å². The molecule has 0 aromatic heterocycles. The van der Waals surface area contributed by atoms with Crippen LogP contribution in [-0.4, -0.2) is 19.0 Å². The van der Waals surface area contributed by atoms with Gasteiger partial charge in [0.25, 0.3) is 0 Å². The Bertz CT molecular complexity index is 1240. The second-order valence-corrected chi connectivity index (χ2v) is 9.00. The van der Waals surface area contributed by atoms with Crippen molar-refractivity contribution < 1.29 is 19.0 Å². The number of hydrogen-bond donors (Lipinski definition) is 0. The van der Waals surface area contributed by atoms with Crippen molar-refractivity contribution in [1.29, 1.82) is 0 Å². The summed E-state index contributed by atoms with van der Waals surface area (Å²) < 4.78 is 18.4. The largest absolute Gasteiger partial charge is 0.493 e. The molecule has 0 saturated carbocycles. The molecule has 1 aliphatic rings. The van der Waals surface area contributed by atoms with E-state index in [2.05, 4.69) is 36.9 Å². The molecule has 0 aliphatic carbocycles. The number of ether oxygens (including phenoxy) is 3. The van der Waals surface area contributed by atoms with Crippen LogP contribution in [0, 0.1) is 0 Å². The first-order valence-corrected chi connectivity index (χ1v) is 11.4. The molecule has 0 radical (unpaired) electrons. The minimum atomic E-state index is -0.515. The van der Waals surface area contributed by atoms with Gasteiger partial charge in [-0.05, 0) is 81.7 Å². The molecular formula is C24H16Br2ClNO4. The van der Waals surface area contributed by atoms with Gasteiger partial charge in [-0.15, -0.1) is 0 Å². The smallest absolute Gasteiger partial charge is 0.363 e. The molecule has 0 spiro atoms. The Labute approximate surface area is 206 Å². The summed E-state index contributed by atoms with van der Waals surface area (Å²) in [5.41, 5.74) is 2.55. The number of esters is 1. The number of rotatable bonds is 6. The zero-order chi connectivity index (χ0) is 22.7. The van der Waals surface area contributed by atoms with Crippen LogP contribution in [-0.2, 0) is 16.1 Å². The van der Waals surface area contributed by atoms with Crippen LogP contribution in [0.4, 0.5) is 0 Å². The highest BCUT2D eigenvalue weighted by atomic mass is 79.9. The number of carbonyl (C=O) groups is 1. The lowest BCUT2D eigenvalue weighted by Gasteiger charge is -2.14. The Balaban J connectivity index is 1.59. The van der Waals surface area contributed by atoms with Crippen LogP contribution in [0.2, 0.25) is 5.02 Å². The number of nitrogens with zero attached hydrogens (tertiary/aromatic N) is 1. The molecule has 0 atom stereocenters. The van der Waals surface area contributed by atoms with Gasteiger partial charge in [-0.3, -0.25) is 0 Å². The average molecular weight is 578 g/mol. The highest BCUT2D eigenvalue weighted by molar-refractivity contribution is 9.10. The SMILES string of the molecule is COc1cc(/C=C2\N=C(c3ccc(Br)cc3)OC2=O)cc(Br)c1OCc1cccc(Cl)c1.